The summed E-state index contributed by atoms with van der Waals surface area (Å²) in [6, 6.07) is 7.09. The quantitative estimate of drug-likeness (QED) is 0.835. The van der Waals surface area contributed by atoms with Crippen molar-refractivity contribution in [2.75, 3.05) is 6.61 Å². The van der Waals surface area contributed by atoms with Gasteiger partial charge in [-0.2, -0.15) is 0 Å². The van der Waals surface area contributed by atoms with Crippen molar-refractivity contribution in [3.63, 3.8) is 0 Å². The minimum Gasteiger partial charge on any atom is -0.491 e. The van der Waals surface area contributed by atoms with Crippen LogP contribution in [0.2, 0.25) is 5.02 Å². The van der Waals surface area contributed by atoms with Crippen molar-refractivity contribution in [3.05, 3.63) is 29.3 Å². The average molecular weight is 215 g/mol. The number of aliphatic hydroxyl groups is 1. The van der Waals surface area contributed by atoms with Gasteiger partial charge in [-0.25, -0.2) is 0 Å². The fourth-order valence-electron chi connectivity index (χ4n) is 0.872. The maximum atomic E-state index is 9.69. The van der Waals surface area contributed by atoms with Gasteiger partial charge >= 0.3 is 0 Å². The molecule has 78 valence electrons. The van der Waals surface area contributed by atoms with Gasteiger partial charge in [0.2, 0.25) is 0 Å². The third-order valence-corrected chi connectivity index (χ3v) is 2.38. The molecule has 1 atom stereocenters. The summed E-state index contributed by atoms with van der Waals surface area (Å²) in [6.45, 7) is 3.97. The molecule has 0 fully saturated rings. The highest BCUT2D eigenvalue weighted by Crippen LogP contribution is 2.17. The van der Waals surface area contributed by atoms with Gasteiger partial charge in [0.1, 0.15) is 12.4 Å². The van der Waals surface area contributed by atoms with E-state index in [-0.39, 0.29) is 0 Å². The van der Waals surface area contributed by atoms with Gasteiger partial charge in [0.25, 0.3) is 0 Å². The second-order valence-corrected chi connectivity index (χ2v) is 4.03. The fraction of sp³-hybridized carbons (Fsp3) is 0.455. The van der Waals surface area contributed by atoms with Crippen LogP contribution < -0.4 is 4.74 Å². The van der Waals surface area contributed by atoms with Crippen LogP contribution in [-0.4, -0.2) is 17.3 Å². The second kappa shape index (κ2) is 4.67. The lowest BCUT2D eigenvalue weighted by Crippen LogP contribution is -2.31. The van der Waals surface area contributed by atoms with Crippen LogP contribution in [0.4, 0.5) is 0 Å². The molecule has 0 radical (unpaired) electrons. The van der Waals surface area contributed by atoms with Gasteiger partial charge in [-0.3, -0.25) is 0 Å². The van der Waals surface area contributed by atoms with Gasteiger partial charge in [0.15, 0.2) is 0 Å². The molecule has 14 heavy (non-hydrogen) atoms. The van der Waals surface area contributed by atoms with E-state index in [1.807, 2.05) is 6.92 Å². The first kappa shape index (κ1) is 11.3. The van der Waals surface area contributed by atoms with E-state index in [1.165, 1.54) is 0 Å². The molecule has 1 aromatic carbocycles. The molecule has 0 aliphatic rings. The number of benzene rings is 1. The number of hydrogen-bond acceptors (Lipinski definition) is 2. The monoisotopic (exact) mass is 214 g/mol. The minimum atomic E-state index is -0.764. The highest BCUT2D eigenvalue weighted by molar-refractivity contribution is 6.30. The Morgan fingerprint density at radius 1 is 1.36 bits per heavy atom. The molecule has 3 heteroatoms. The van der Waals surface area contributed by atoms with Crippen LogP contribution in [0.25, 0.3) is 0 Å². The lowest BCUT2D eigenvalue weighted by molar-refractivity contribution is 0.00847. The van der Waals surface area contributed by atoms with Gasteiger partial charge in [-0.15, -0.1) is 0 Å². The Morgan fingerprint density at radius 3 is 2.43 bits per heavy atom. The predicted octanol–water partition coefficient (Wildman–Crippen LogP) is 2.88. The van der Waals surface area contributed by atoms with Crippen LogP contribution in [0.5, 0.6) is 5.75 Å². The third-order valence-electron chi connectivity index (χ3n) is 2.13. The largest absolute Gasteiger partial charge is 0.491 e. The number of rotatable bonds is 4. The van der Waals surface area contributed by atoms with Gasteiger partial charge in [0.05, 0.1) is 5.60 Å². The zero-order valence-electron chi connectivity index (χ0n) is 8.46. The maximum Gasteiger partial charge on any atom is 0.119 e. The van der Waals surface area contributed by atoms with Gasteiger partial charge in [-0.1, -0.05) is 18.5 Å². The van der Waals surface area contributed by atoms with E-state index >= 15 is 0 Å². The van der Waals surface area contributed by atoms with E-state index < -0.39 is 5.60 Å². The van der Waals surface area contributed by atoms with Crippen LogP contribution >= 0.6 is 11.6 Å². The van der Waals surface area contributed by atoms with Crippen LogP contribution in [0.15, 0.2) is 24.3 Å². The van der Waals surface area contributed by atoms with E-state index in [1.54, 1.807) is 31.2 Å². The summed E-state index contributed by atoms with van der Waals surface area (Å²) in [4.78, 5) is 0. The van der Waals surface area contributed by atoms with Crippen molar-refractivity contribution in [3.8, 4) is 5.75 Å². The normalized spacial score (nSPS) is 14.9. The summed E-state index contributed by atoms with van der Waals surface area (Å²) < 4.78 is 5.41. The zero-order valence-corrected chi connectivity index (χ0v) is 9.21. The maximum absolute atomic E-state index is 9.69. The smallest absolute Gasteiger partial charge is 0.119 e. The summed E-state index contributed by atoms with van der Waals surface area (Å²) in [6.07, 6.45) is 0.667. The predicted molar refractivity (Wildman–Crippen MR) is 57.9 cm³/mol. The molecule has 0 spiro atoms. The topological polar surface area (TPSA) is 29.5 Å². The molecule has 1 aromatic rings. The number of hydrogen-bond donors (Lipinski definition) is 1. The molecule has 0 aromatic heterocycles. The van der Waals surface area contributed by atoms with Crippen molar-refractivity contribution in [1.29, 1.82) is 0 Å². The molecular weight excluding hydrogens is 200 g/mol. The summed E-state index contributed by atoms with van der Waals surface area (Å²) in [5.74, 6) is 0.725. The second-order valence-electron chi connectivity index (χ2n) is 3.59. The van der Waals surface area contributed by atoms with Gasteiger partial charge < -0.3 is 9.84 Å². The van der Waals surface area contributed by atoms with E-state index in [0.29, 0.717) is 18.1 Å². The molecule has 0 aliphatic heterocycles. The molecule has 1 unspecified atom stereocenters. The Labute approximate surface area is 89.5 Å². The van der Waals surface area contributed by atoms with E-state index in [4.69, 9.17) is 16.3 Å². The zero-order chi connectivity index (χ0) is 10.6. The molecule has 0 bridgehead atoms. The lowest BCUT2D eigenvalue weighted by atomic mass is 10.1. The number of ether oxygens (including phenoxy) is 1. The Balaban J connectivity index is 2.50. The van der Waals surface area contributed by atoms with Crippen molar-refractivity contribution < 1.29 is 9.84 Å². The van der Waals surface area contributed by atoms with Crippen molar-refractivity contribution in [2.24, 2.45) is 0 Å². The molecule has 0 heterocycles. The molecule has 0 saturated carbocycles. The molecule has 2 nitrogen and oxygen atoms in total. The van der Waals surface area contributed by atoms with Crippen molar-refractivity contribution in [2.45, 2.75) is 25.9 Å². The Bertz CT molecular complexity index is 280. The molecule has 0 amide bonds. The van der Waals surface area contributed by atoms with Crippen LogP contribution in [0, 0.1) is 0 Å². The Morgan fingerprint density at radius 2 is 1.93 bits per heavy atom. The Hall–Kier alpha value is -0.730. The summed E-state index contributed by atoms with van der Waals surface area (Å²) in [5.41, 5.74) is -0.764. The highest BCUT2D eigenvalue weighted by Gasteiger charge is 2.18. The first-order valence-corrected chi connectivity index (χ1v) is 5.02. The van der Waals surface area contributed by atoms with E-state index in [2.05, 4.69) is 0 Å². The molecular formula is C11H15ClO2. The first-order chi connectivity index (χ1) is 6.53. The first-order valence-electron chi connectivity index (χ1n) is 4.64. The van der Waals surface area contributed by atoms with Crippen LogP contribution in [-0.2, 0) is 0 Å². The van der Waals surface area contributed by atoms with E-state index in [9.17, 15) is 5.11 Å². The fourth-order valence-corrected chi connectivity index (χ4v) is 0.998. The van der Waals surface area contributed by atoms with Crippen LogP contribution in [0.3, 0.4) is 0 Å². The minimum absolute atomic E-state index is 0.297. The highest BCUT2D eigenvalue weighted by atomic mass is 35.5. The Kier molecular flexibility index (Phi) is 3.78. The van der Waals surface area contributed by atoms with Crippen molar-refractivity contribution in [1.82, 2.24) is 0 Å². The molecule has 1 rings (SSSR count). The van der Waals surface area contributed by atoms with E-state index in [0.717, 1.165) is 5.75 Å². The molecule has 0 saturated heterocycles. The van der Waals surface area contributed by atoms with Crippen LogP contribution in [0.1, 0.15) is 20.3 Å². The number of halogens is 1. The molecule has 1 N–H and O–H groups in total. The third kappa shape index (κ3) is 3.56. The molecule has 0 aliphatic carbocycles. The lowest BCUT2D eigenvalue weighted by Gasteiger charge is -2.21. The standard InChI is InChI=1S/C11H15ClO2/c1-3-11(2,13)8-14-10-6-4-9(12)5-7-10/h4-7,13H,3,8H2,1-2H3. The van der Waals surface area contributed by atoms with Gasteiger partial charge in [-0.05, 0) is 37.6 Å². The SMILES string of the molecule is CCC(C)(O)COc1ccc(Cl)cc1. The summed E-state index contributed by atoms with van der Waals surface area (Å²) >= 11 is 5.72. The van der Waals surface area contributed by atoms with Gasteiger partial charge in [0, 0.05) is 5.02 Å². The average Bonchev–Trinajstić information content (AvgIpc) is 2.17. The summed E-state index contributed by atoms with van der Waals surface area (Å²) in [5, 5.41) is 10.4. The summed E-state index contributed by atoms with van der Waals surface area (Å²) in [7, 11) is 0. The van der Waals surface area contributed by atoms with Crippen molar-refractivity contribution >= 4 is 11.6 Å².